The second-order valence-electron chi connectivity index (χ2n) is 4.37. The van der Waals surface area contributed by atoms with Gasteiger partial charge in [-0.05, 0) is 23.3 Å². The van der Waals surface area contributed by atoms with Crippen molar-refractivity contribution in [3.63, 3.8) is 0 Å². The lowest BCUT2D eigenvalue weighted by atomic mass is 10.1. The van der Waals surface area contributed by atoms with E-state index in [0.29, 0.717) is 6.04 Å². The van der Waals surface area contributed by atoms with Gasteiger partial charge in [-0.2, -0.15) is 0 Å². The van der Waals surface area contributed by atoms with Crippen molar-refractivity contribution in [1.29, 1.82) is 0 Å². The van der Waals surface area contributed by atoms with Gasteiger partial charge in [-0.1, -0.05) is 52.3 Å². The minimum Gasteiger partial charge on any atom is -0.305 e. The van der Waals surface area contributed by atoms with Crippen LogP contribution in [0.2, 0.25) is 0 Å². The fourth-order valence-corrected chi connectivity index (χ4v) is 3.83. The summed E-state index contributed by atoms with van der Waals surface area (Å²) in [5.74, 6) is 1.13. The number of fused-ring (bicyclic) bond motifs is 1. The van der Waals surface area contributed by atoms with Crippen LogP contribution in [0.25, 0.3) is 0 Å². The maximum atomic E-state index is 3.64. The molecule has 1 atom stereocenters. The molecule has 1 aliphatic rings. The standard InChI is InChI=1S/C15H14BrNS/c16-13-7-3-1-5-11(13)9-17-14-10-18-15-8-4-2-6-12(14)15/h1-8,14,17H,9-10H2. The largest absolute Gasteiger partial charge is 0.305 e. The van der Waals surface area contributed by atoms with Crippen molar-refractivity contribution in [2.75, 3.05) is 5.75 Å². The van der Waals surface area contributed by atoms with E-state index in [2.05, 4.69) is 63.7 Å². The lowest BCUT2D eigenvalue weighted by Gasteiger charge is -2.14. The molecule has 92 valence electrons. The lowest BCUT2D eigenvalue weighted by Crippen LogP contribution is -2.20. The van der Waals surface area contributed by atoms with Gasteiger partial charge in [-0.15, -0.1) is 11.8 Å². The molecule has 0 saturated heterocycles. The molecule has 0 amide bonds. The quantitative estimate of drug-likeness (QED) is 0.900. The molecule has 1 unspecified atom stereocenters. The van der Waals surface area contributed by atoms with Crippen LogP contribution in [-0.4, -0.2) is 5.75 Å². The molecule has 3 rings (SSSR count). The topological polar surface area (TPSA) is 12.0 Å². The second kappa shape index (κ2) is 5.47. The molecule has 0 saturated carbocycles. The summed E-state index contributed by atoms with van der Waals surface area (Å²) in [6, 6.07) is 17.5. The summed E-state index contributed by atoms with van der Waals surface area (Å²) in [7, 11) is 0. The van der Waals surface area contributed by atoms with Crippen molar-refractivity contribution >= 4 is 27.7 Å². The molecule has 3 heteroatoms. The fourth-order valence-electron chi connectivity index (χ4n) is 2.21. The van der Waals surface area contributed by atoms with Gasteiger partial charge in [0.1, 0.15) is 0 Å². The summed E-state index contributed by atoms with van der Waals surface area (Å²) >= 11 is 5.53. The van der Waals surface area contributed by atoms with Crippen molar-refractivity contribution < 1.29 is 0 Å². The molecule has 1 heterocycles. The Morgan fingerprint density at radius 1 is 1.11 bits per heavy atom. The van der Waals surface area contributed by atoms with Crippen molar-refractivity contribution in [3.05, 3.63) is 64.1 Å². The molecule has 2 aromatic carbocycles. The van der Waals surface area contributed by atoms with Crippen LogP contribution < -0.4 is 5.32 Å². The average molecular weight is 320 g/mol. The molecule has 1 N–H and O–H groups in total. The normalized spacial score (nSPS) is 17.7. The Morgan fingerprint density at radius 3 is 2.78 bits per heavy atom. The molecule has 18 heavy (non-hydrogen) atoms. The number of hydrogen-bond acceptors (Lipinski definition) is 2. The number of rotatable bonds is 3. The van der Waals surface area contributed by atoms with Crippen LogP contribution in [0.4, 0.5) is 0 Å². The third-order valence-corrected chi connectivity index (χ3v) is 5.15. The molecule has 0 spiro atoms. The van der Waals surface area contributed by atoms with Gasteiger partial charge in [0.15, 0.2) is 0 Å². The van der Waals surface area contributed by atoms with Gasteiger partial charge >= 0.3 is 0 Å². The first-order chi connectivity index (χ1) is 8.84. The van der Waals surface area contributed by atoms with Gasteiger partial charge in [-0.25, -0.2) is 0 Å². The Labute approximate surface area is 120 Å². The summed E-state index contributed by atoms with van der Waals surface area (Å²) in [6.45, 7) is 0.904. The van der Waals surface area contributed by atoms with Crippen molar-refractivity contribution in [2.24, 2.45) is 0 Å². The number of nitrogens with one attached hydrogen (secondary N) is 1. The number of thioether (sulfide) groups is 1. The van der Waals surface area contributed by atoms with Gasteiger partial charge in [0.05, 0.1) is 0 Å². The summed E-state index contributed by atoms with van der Waals surface area (Å²) in [5.41, 5.74) is 2.75. The minimum atomic E-state index is 0.471. The predicted molar refractivity (Wildman–Crippen MR) is 80.9 cm³/mol. The van der Waals surface area contributed by atoms with Gasteiger partial charge < -0.3 is 5.32 Å². The van der Waals surface area contributed by atoms with Gasteiger partial charge in [0, 0.05) is 27.7 Å². The highest BCUT2D eigenvalue weighted by molar-refractivity contribution is 9.10. The first kappa shape index (κ1) is 12.3. The van der Waals surface area contributed by atoms with E-state index in [-0.39, 0.29) is 0 Å². The summed E-state index contributed by atoms with van der Waals surface area (Å²) in [5, 5.41) is 3.64. The van der Waals surface area contributed by atoms with Crippen LogP contribution in [-0.2, 0) is 6.54 Å². The van der Waals surface area contributed by atoms with E-state index in [0.717, 1.165) is 12.3 Å². The van der Waals surface area contributed by atoms with Gasteiger partial charge in [0.2, 0.25) is 0 Å². The molecule has 0 bridgehead atoms. The maximum absolute atomic E-state index is 3.64. The van der Waals surface area contributed by atoms with Crippen LogP contribution in [0, 0.1) is 0 Å². The summed E-state index contributed by atoms with van der Waals surface area (Å²) < 4.78 is 1.18. The van der Waals surface area contributed by atoms with Crippen molar-refractivity contribution in [1.82, 2.24) is 5.32 Å². The molecule has 0 radical (unpaired) electrons. The van der Waals surface area contributed by atoms with Crippen molar-refractivity contribution in [3.8, 4) is 0 Å². The molecule has 1 nitrogen and oxygen atoms in total. The molecule has 0 aromatic heterocycles. The van der Waals surface area contributed by atoms with E-state index < -0.39 is 0 Å². The molecule has 0 aliphatic carbocycles. The Kier molecular flexibility index (Phi) is 3.73. The fraction of sp³-hybridized carbons (Fsp3) is 0.200. The van der Waals surface area contributed by atoms with Crippen molar-refractivity contribution in [2.45, 2.75) is 17.5 Å². The zero-order valence-electron chi connectivity index (χ0n) is 9.90. The SMILES string of the molecule is Brc1ccccc1CNC1CSc2ccccc21. The third kappa shape index (κ3) is 2.48. The second-order valence-corrected chi connectivity index (χ2v) is 6.29. The molecule has 2 aromatic rings. The predicted octanol–water partition coefficient (Wildman–Crippen LogP) is 4.39. The zero-order valence-corrected chi connectivity index (χ0v) is 12.3. The van der Waals surface area contributed by atoms with Crippen LogP contribution >= 0.6 is 27.7 Å². The van der Waals surface area contributed by atoms with Crippen LogP contribution in [0.1, 0.15) is 17.2 Å². The Balaban J connectivity index is 1.71. The van der Waals surface area contributed by atoms with Gasteiger partial charge in [-0.3, -0.25) is 0 Å². The molecule has 1 aliphatic heterocycles. The van der Waals surface area contributed by atoms with Crippen LogP contribution in [0.3, 0.4) is 0 Å². The Hall–Kier alpha value is -0.770. The van der Waals surface area contributed by atoms with Crippen LogP contribution in [0.5, 0.6) is 0 Å². The number of hydrogen-bond donors (Lipinski definition) is 1. The Bertz CT molecular complexity index is 556. The van der Waals surface area contributed by atoms with Crippen LogP contribution in [0.15, 0.2) is 57.9 Å². The maximum Gasteiger partial charge on any atom is 0.0429 e. The van der Waals surface area contributed by atoms with E-state index in [1.165, 1.54) is 20.5 Å². The summed E-state index contributed by atoms with van der Waals surface area (Å²) in [4.78, 5) is 1.42. The van der Waals surface area contributed by atoms with E-state index in [4.69, 9.17) is 0 Å². The minimum absolute atomic E-state index is 0.471. The monoisotopic (exact) mass is 319 g/mol. The lowest BCUT2D eigenvalue weighted by molar-refractivity contribution is 0.583. The van der Waals surface area contributed by atoms with E-state index in [9.17, 15) is 0 Å². The molecular weight excluding hydrogens is 306 g/mol. The number of benzene rings is 2. The highest BCUT2D eigenvalue weighted by Crippen LogP contribution is 2.37. The Morgan fingerprint density at radius 2 is 1.89 bits per heavy atom. The van der Waals surface area contributed by atoms with E-state index in [1.54, 1.807) is 0 Å². The average Bonchev–Trinajstić information content (AvgIpc) is 2.81. The first-order valence-electron chi connectivity index (χ1n) is 6.03. The van der Waals surface area contributed by atoms with Gasteiger partial charge in [0.25, 0.3) is 0 Å². The summed E-state index contributed by atoms with van der Waals surface area (Å²) in [6.07, 6.45) is 0. The molecular formula is C15H14BrNS. The highest BCUT2D eigenvalue weighted by atomic mass is 79.9. The van der Waals surface area contributed by atoms with E-state index in [1.807, 2.05) is 17.8 Å². The smallest absolute Gasteiger partial charge is 0.0429 e. The van der Waals surface area contributed by atoms with E-state index >= 15 is 0 Å². The number of halogens is 1. The first-order valence-corrected chi connectivity index (χ1v) is 7.81. The molecule has 0 fully saturated rings. The third-order valence-electron chi connectivity index (χ3n) is 3.20. The highest BCUT2D eigenvalue weighted by Gasteiger charge is 2.21. The zero-order chi connectivity index (χ0) is 12.4.